The third kappa shape index (κ3) is 6.64. The lowest BCUT2D eigenvalue weighted by Crippen LogP contribution is -2.32. The highest BCUT2D eigenvalue weighted by Gasteiger charge is 2.19. The second-order valence-electron chi connectivity index (χ2n) is 4.84. The van der Waals surface area contributed by atoms with Crippen LogP contribution in [0.2, 0.25) is 0 Å². The van der Waals surface area contributed by atoms with Crippen LogP contribution in [0.1, 0.15) is 45.4 Å². The Morgan fingerprint density at radius 1 is 1.29 bits per heavy atom. The maximum atomic E-state index is 11.5. The van der Waals surface area contributed by atoms with Crippen molar-refractivity contribution in [3.8, 4) is 0 Å². The van der Waals surface area contributed by atoms with Crippen LogP contribution in [0.5, 0.6) is 0 Å². The zero-order chi connectivity index (χ0) is 12.5. The fraction of sp³-hybridized carbons (Fsp3) is 0.923. The van der Waals surface area contributed by atoms with Gasteiger partial charge in [0.1, 0.15) is 0 Å². The Balaban J connectivity index is 1.99. The summed E-state index contributed by atoms with van der Waals surface area (Å²) < 4.78 is 5.27. The zero-order valence-corrected chi connectivity index (χ0v) is 10.8. The normalized spacial score (nSPS) is 24.6. The molecule has 0 saturated heterocycles. The zero-order valence-electron chi connectivity index (χ0n) is 10.8. The molecule has 4 nitrogen and oxygen atoms in total. The summed E-state index contributed by atoms with van der Waals surface area (Å²) in [5.41, 5.74) is 0. The first-order chi connectivity index (χ1) is 8.22. The minimum atomic E-state index is -0.121. The number of ether oxygens (including phenoxy) is 1. The number of hydrogen-bond acceptors (Lipinski definition) is 3. The van der Waals surface area contributed by atoms with Gasteiger partial charge in [0.15, 0.2) is 0 Å². The van der Waals surface area contributed by atoms with Gasteiger partial charge in [-0.1, -0.05) is 6.92 Å². The van der Waals surface area contributed by atoms with Crippen LogP contribution in [0.15, 0.2) is 0 Å². The first-order valence-electron chi connectivity index (χ1n) is 6.75. The molecule has 0 aliphatic heterocycles. The molecule has 1 rings (SSSR count). The molecule has 0 aromatic carbocycles. The van der Waals surface area contributed by atoms with Crippen molar-refractivity contribution in [2.75, 3.05) is 19.8 Å². The maximum absolute atomic E-state index is 11.5. The van der Waals surface area contributed by atoms with Crippen molar-refractivity contribution in [2.45, 2.75) is 51.6 Å². The van der Waals surface area contributed by atoms with E-state index in [2.05, 4.69) is 12.2 Å². The van der Waals surface area contributed by atoms with Crippen molar-refractivity contribution in [2.24, 2.45) is 5.92 Å². The maximum Gasteiger partial charge on any atom is 0.222 e. The third-order valence-electron chi connectivity index (χ3n) is 3.23. The molecular weight excluding hydrogens is 218 g/mol. The number of nitrogens with one attached hydrogen (secondary N) is 1. The van der Waals surface area contributed by atoms with Crippen LogP contribution in [-0.4, -0.2) is 36.9 Å². The first-order valence-corrected chi connectivity index (χ1v) is 6.75. The van der Waals surface area contributed by atoms with Crippen LogP contribution in [0.4, 0.5) is 0 Å². The van der Waals surface area contributed by atoms with Gasteiger partial charge in [0.2, 0.25) is 5.91 Å². The Labute approximate surface area is 104 Å². The van der Waals surface area contributed by atoms with Gasteiger partial charge >= 0.3 is 0 Å². The number of aliphatic hydroxyl groups is 1. The molecule has 1 aliphatic carbocycles. The summed E-state index contributed by atoms with van der Waals surface area (Å²) in [6.45, 7) is 4.05. The average Bonchev–Trinajstić information content (AvgIpc) is 2.34. The van der Waals surface area contributed by atoms with E-state index in [0.29, 0.717) is 18.9 Å². The fourth-order valence-corrected chi connectivity index (χ4v) is 2.11. The Hall–Kier alpha value is -0.610. The molecule has 0 heterocycles. The van der Waals surface area contributed by atoms with E-state index in [0.717, 1.165) is 45.3 Å². The van der Waals surface area contributed by atoms with E-state index in [1.54, 1.807) is 0 Å². The topological polar surface area (TPSA) is 58.6 Å². The molecular formula is C13H25NO3. The Morgan fingerprint density at radius 2 is 2.00 bits per heavy atom. The number of amides is 1. The van der Waals surface area contributed by atoms with Crippen LogP contribution in [0.25, 0.3) is 0 Å². The molecule has 1 aliphatic rings. The molecule has 0 atom stereocenters. The smallest absolute Gasteiger partial charge is 0.222 e. The summed E-state index contributed by atoms with van der Waals surface area (Å²) in [7, 11) is 0. The number of hydrogen-bond donors (Lipinski definition) is 2. The molecule has 1 fully saturated rings. The molecule has 2 N–H and O–H groups in total. The highest BCUT2D eigenvalue weighted by Crippen LogP contribution is 2.23. The largest absolute Gasteiger partial charge is 0.393 e. The second kappa shape index (κ2) is 8.48. The molecule has 4 heteroatoms. The number of carbonyl (C=O) groups excluding carboxylic acids is 1. The van der Waals surface area contributed by atoms with Crippen LogP contribution >= 0.6 is 0 Å². The number of carbonyl (C=O) groups is 1. The van der Waals surface area contributed by atoms with Crippen LogP contribution in [0.3, 0.4) is 0 Å². The van der Waals surface area contributed by atoms with Gasteiger partial charge in [-0.25, -0.2) is 0 Å². The van der Waals surface area contributed by atoms with E-state index < -0.39 is 0 Å². The Morgan fingerprint density at radius 3 is 2.65 bits per heavy atom. The van der Waals surface area contributed by atoms with E-state index in [4.69, 9.17) is 4.74 Å². The molecule has 0 spiro atoms. The minimum absolute atomic E-state index is 0.0761. The van der Waals surface area contributed by atoms with E-state index in [-0.39, 0.29) is 12.0 Å². The lowest BCUT2D eigenvalue weighted by atomic mass is 9.87. The summed E-state index contributed by atoms with van der Waals surface area (Å²) in [4.78, 5) is 11.5. The Kier molecular flexibility index (Phi) is 7.21. The van der Waals surface area contributed by atoms with Crippen molar-refractivity contribution < 1.29 is 14.6 Å². The minimum Gasteiger partial charge on any atom is -0.393 e. The predicted molar refractivity (Wildman–Crippen MR) is 66.7 cm³/mol. The van der Waals surface area contributed by atoms with Crippen molar-refractivity contribution in [1.29, 1.82) is 0 Å². The quantitative estimate of drug-likeness (QED) is 0.666. The third-order valence-corrected chi connectivity index (χ3v) is 3.23. The molecule has 0 radical (unpaired) electrons. The molecule has 1 amide bonds. The van der Waals surface area contributed by atoms with Gasteiger partial charge < -0.3 is 15.2 Å². The molecule has 0 aromatic rings. The monoisotopic (exact) mass is 243 g/mol. The summed E-state index contributed by atoms with van der Waals surface area (Å²) in [5, 5.41) is 12.3. The van der Waals surface area contributed by atoms with E-state index >= 15 is 0 Å². The highest BCUT2D eigenvalue weighted by atomic mass is 16.5. The number of aliphatic hydroxyl groups excluding tert-OH is 1. The molecule has 100 valence electrons. The summed E-state index contributed by atoms with van der Waals surface area (Å²) in [5.74, 6) is 0.617. The molecule has 17 heavy (non-hydrogen) atoms. The standard InChI is InChI=1S/C13H25NO3/c1-2-8-17-9-7-13(16)14-10-11-3-5-12(15)6-4-11/h11-12,15H,2-10H2,1H3,(H,14,16). The highest BCUT2D eigenvalue weighted by molar-refractivity contribution is 5.75. The Bertz CT molecular complexity index is 213. The van der Waals surface area contributed by atoms with Crippen molar-refractivity contribution in [3.63, 3.8) is 0 Å². The van der Waals surface area contributed by atoms with Crippen molar-refractivity contribution in [3.05, 3.63) is 0 Å². The average molecular weight is 243 g/mol. The molecule has 0 unspecified atom stereocenters. The fourth-order valence-electron chi connectivity index (χ4n) is 2.11. The van der Waals surface area contributed by atoms with E-state index in [1.807, 2.05) is 0 Å². The van der Waals surface area contributed by atoms with E-state index in [1.165, 1.54) is 0 Å². The SMILES string of the molecule is CCCOCCC(=O)NCC1CCC(O)CC1. The second-order valence-corrected chi connectivity index (χ2v) is 4.84. The van der Waals surface area contributed by atoms with E-state index in [9.17, 15) is 9.90 Å². The van der Waals surface area contributed by atoms with Crippen LogP contribution < -0.4 is 5.32 Å². The number of rotatable bonds is 7. The first kappa shape index (κ1) is 14.5. The molecule has 1 saturated carbocycles. The van der Waals surface area contributed by atoms with Crippen LogP contribution in [-0.2, 0) is 9.53 Å². The van der Waals surface area contributed by atoms with Gasteiger partial charge in [-0.2, -0.15) is 0 Å². The lowest BCUT2D eigenvalue weighted by molar-refractivity contribution is -0.122. The van der Waals surface area contributed by atoms with Gasteiger partial charge in [0, 0.05) is 19.6 Å². The summed E-state index contributed by atoms with van der Waals surface area (Å²) >= 11 is 0. The van der Waals surface area contributed by atoms with Gasteiger partial charge in [-0.3, -0.25) is 4.79 Å². The van der Waals surface area contributed by atoms with Gasteiger partial charge in [0.05, 0.1) is 12.7 Å². The van der Waals surface area contributed by atoms with Crippen LogP contribution in [0, 0.1) is 5.92 Å². The van der Waals surface area contributed by atoms with Gasteiger partial charge in [0.25, 0.3) is 0 Å². The van der Waals surface area contributed by atoms with Gasteiger partial charge in [-0.05, 0) is 38.0 Å². The van der Waals surface area contributed by atoms with Gasteiger partial charge in [-0.15, -0.1) is 0 Å². The van der Waals surface area contributed by atoms with Crippen molar-refractivity contribution >= 4 is 5.91 Å². The molecule has 0 aromatic heterocycles. The predicted octanol–water partition coefficient (Wildman–Crippen LogP) is 1.47. The van der Waals surface area contributed by atoms with Crippen molar-refractivity contribution in [1.82, 2.24) is 5.32 Å². The lowest BCUT2D eigenvalue weighted by Gasteiger charge is -2.25. The molecule has 0 bridgehead atoms. The summed E-state index contributed by atoms with van der Waals surface area (Å²) in [6, 6.07) is 0. The summed E-state index contributed by atoms with van der Waals surface area (Å²) in [6.07, 6.45) is 5.12.